The van der Waals surface area contributed by atoms with Crippen molar-refractivity contribution in [2.24, 2.45) is 17.1 Å². The summed E-state index contributed by atoms with van der Waals surface area (Å²) in [6, 6.07) is -0.284. The second kappa shape index (κ2) is 7.62. The number of nitrogens with one attached hydrogen (secondary N) is 1. The van der Waals surface area contributed by atoms with Gasteiger partial charge in [0.25, 0.3) is 0 Å². The Labute approximate surface area is 121 Å². The molecule has 1 aliphatic rings. The fourth-order valence-electron chi connectivity index (χ4n) is 2.96. The van der Waals surface area contributed by atoms with Gasteiger partial charge in [0.05, 0.1) is 11.8 Å². The van der Waals surface area contributed by atoms with Crippen LogP contribution in [0.3, 0.4) is 0 Å². The van der Waals surface area contributed by atoms with E-state index in [1.54, 1.807) is 0 Å². The molecule has 0 aromatic carbocycles. The monoisotopic (exact) mass is 284 g/mol. The van der Waals surface area contributed by atoms with Crippen LogP contribution in [0.15, 0.2) is 0 Å². The topological polar surface area (TPSA) is 92.4 Å². The van der Waals surface area contributed by atoms with Crippen LogP contribution in [0.5, 0.6) is 0 Å². The average Bonchev–Trinajstić information content (AvgIpc) is 2.39. The third-order valence-corrected chi connectivity index (χ3v) is 4.50. The number of rotatable bonds is 7. The van der Waals surface area contributed by atoms with Crippen LogP contribution in [0.25, 0.3) is 0 Å². The summed E-state index contributed by atoms with van der Waals surface area (Å²) in [7, 11) is 0. The maximum absolute atomic E-state index is 12.5. The molecule has 20 heavy (non-hydrogen) atoms. The third-order valence-electron chi connectivity index (χ3n) is 4.50. The molecule has 1 saturated carbocycles. The van der Waals surface area contributed by atoms with Gasteiger partial charge in [0, 0.05) is 12.6 Å². The van der Waals surface area contributed by atoms with E-state index in [-0.39, 0.29) is 18.4 Å². The van der Waals surface area contributed by atoms with Crippen molar-refractivity contribution in [3.63, 3.8) is 0 Å². The molecule has 1 aliphatic carbocycles. The summed E-state index contributed by atoms with van der Waals surface area (Å²) in [6.07, 6.45) is 5.17. The van der Waals surface area contributed by atoms with Crippen molar-refractivity contribution in [1.82, 2.24) is 5.32 Å². The molecule has 1 fully saturated rings. The molecule has 0 aliphatic heterocycles. The van der Waals surface area contributed by atoms with Crippen molar-refractivity contribution in [2.75, 3.05) is 6.54 Å². The Balaban J connectivity index is 2.67. The lowest BCUT2D eigenvalue weighted by atomic mass is 9.70. The highest BCUT2D eigenvalue weighted by Crippen LogP contribution is 2.38. The van der Waals surface area contributed by atoms with Gasteiger partial charge in [-0.15, -0.1) is 0 Å². The Morgan fingerprint density at radius 3 is 2.45 bits per heavy atom. The van der Waals surface area contributed by atoms with Gasteiger partial charge >= 0.3 is 5.97 Å². The normalized spacial score (nSPS) is 27.9. The van der Waals surface area contributed by atoms with E-state index in [9.17, 15) is 9.59 Å². The first-order chi connectivity index (χ1) is 9.43. The third kappa shape index (κ3) is 4.47. The number of carboxylic acids is 1. The summed E-state index contributed by atoms with van der Waals surface area (Å²) in [5.74, 6) is -0.276. The number of carbonyl (C=O) groups is 2. The summed E-state index contributed by atoms with van der Waals surface area (Å²) in [5, 5.41) is 11.8. The minimum absolute atomic E-state index is 0.0172. The van der Waals surface area contributed by atoms with Crippen LogP contribution < -0.4 is 11.1 Å². The van der Waals surface area contributed by atoms with Crippen LogP contribution in [0, 0.1) is 11.3 Å². The Hall–Kier alpha value is -1.10. The van der Waals surface area contributed by atoms with E-state index in [0.29, 0.717) is 18.9 Å². The molecule has 0 radical (unpaired) electrons. The molecule has 0 aromatic rings. The molecule has 1 atom stereocenters. The predicted octanol–water partition coefficient (Wildman–Crippen LogP) is 1.90. The Morgan fingerprint density at radius 2 is 2.00 bits per heavy atom. The summed E-state index contributed by atoms with van der Waals surface area (Å²) < 4.78 is 0. The van der Waals surface area contributed by atoms with Gasteiger partial charge < -0.3 is 16.2 Å². The smallest absolute Gasteiger partial charge is 0.305 e. The number of aliphatic carboxylic acids is 1. The van der Waals surface area contributed by atoms with Crippen LogP contribution in [-0.4, -0.2) is 29.6 Å². The zero-order valence-electron chi connectivity index (χ0n) is 12.7. The van der Waals surface area contributed by atoms with Gasteiger partial charge in [-0.2, -0.15) is 0 Å². The quantitative estimate of drug-likeness (QED) is 0.665. The molecule has 0 spiro atoms. The first-order valence-electron chi connectivity index (χ1n) is 7.66. The van der Waals surface area contributed by atoms with Gasteiger partial charge in [0.1, 0.15) is 0 Å². The lowest BCUT2D eigenvalue weighted by Crippen LogP contribution is -2.51. The van der Waals surface area contributed by atoms with E-state index >= 15 is 0 Å². The van der Waals surface area contributed by atoms with Crippen molar-refractivity contribution >= 4 is 11.9 Å². The molecule has 0 aromatic heterocycles. The average molecular weight is 284 g/mol. The van der Waals surface area contributed by atoms with E-state index < -0.39 is 11.4 Å². The molecule has 1 rings (SSSR count). The van der Waals surface area contributed by atoms with Crippen molar-refractivity contribution < 1.29 is 14.7 Å². The Kier molecular flexibility index (Phi) is 6.46. The van der Waals surface area contributed by atoms with Gasteiger partial charge in [-0.1, -0.05) is 20.3 Å². The molecular formula is C15H28N2O3. The van der Waals surface area contributed by atoms with Gasteiger partial charge in [0.2, 0.25) is 5.91 Å². The molecule has 1 amide bonds. The number of hydrogen-bond acceptors (Lipinski definition) is 3. The zero-order valence-corrected chi connectivity index (χ0v) is 12.7. The number of hydrogen-bond donors (Lipinski definition) is 3. The highest BCUT2D eigenvalue weighted by Gasteiger charge is 2.40. The second-order valence-corrected chi connectivity index (χ2v) is 6.22. The molecule has 5 heteroatoms. The van der Waals surface area contributed by atoms with E-state index in [1.807, 2.05) is 6.92 Å². The van der Waals surface area contributed by atoms with Crippen LogP contribution in [-0.2, 0) is 9.59 Å². The highest BCUT2D eigenvalue weighted by atomic mass is 16.4. The molecule has 4 N–H and O–H groups in total. The van der Waals surface area contributed by atoms with E-state index in [4.69, 9.17) is 10.8 Å². The SMILES string of the molecule is CCCC(CC(=O)O)NC(=O)C1(CN)CCC(C)CC1. The van der Waals surface area contributed by atoms with Gasteiger partial charge in [-0.05, 0) is 38.0 Å². The molecule has 0 heterocycles. The largest absolute Gasteiger partial charge is 0.481 e. The van der Waals surface area contributed by atoms with E-state index in [2.05, 4.69) is 12.2 Å². The summed E-state index contributed by atoms with van der Waals surface area (Å²) >= 11 is 0. The molecule has 1 unspecified atom stereocenters. The highest BCUT2D eigenvalue weighted by molar-refractivity contribution is 5.83. The van der Waals surface area contributed by atoms with Gasteiger partial charge in [-0.3, -0.25) is 9.59 Å². The standard InChI is InChI=1S/C15H28N2O3/c1-3-4-12(9-13(18)19)17-14(20)15(10-16)7-5-11(2)6-8-15/h11-12H,3-10,16H2,1-2H3,(H,17,20)(H,18,19). The maximum atomic E-state index is 12.5. The molecular weight excluding hydrogens is 256 g/mol. The van der Waals surface area contributed by atoms with Gasteiger partial charge in [-0.25, -0.2) is 0 Å². The van der Waals surface area contributed by atoms with E-state index in [0.717, 1.165) is 32.1 Å². The van der Waals surface area contributed by atoms with Crippen LogP contribution in [0.1, 0.15) is 58.8 Å². The molecule has 0 bridgehead atoms. The fraction of sp³-hybridized carbons (Fsp3) is 0.867. The van der Waals surface area contributed by atoms with Crippen LogP contribution >= 0.6 is 0 Å². The number of carbonyl (C=O) groups excluding carboxylic acids is 1. The molecule has 0 saturated heterocycles. The zero-order chi connectivity index (χ0) is 15.2. The second-order valence-electron chi connectivity index (χ2n) is 6.22. The van der Waals surface area contributed by atoms with Crippen molar-refractivity contribution in [3.8, 4) is 0 Å². The molecule has 5 nitrogen and oxygen atoms in total. The first-order valence-corrected chi connectivity index (χ1v) is 7.66. The number of carboxylic acid groups (broad SMARTS) is 1. The lowest BCUT2D eigenvalue weighted by Gasteiger charge is -2.38. The van der Waals surface area contributed by atoms with Crippen LogP contribution in [0.2, 0.25) is 0 Å². The first kappa shape index (κ1) is 17.0. The van der Waals surface area contributed by atoms with Gasteiger partial charge in [0.15, 0.2) is 0 Å². The Morgan fingerprint density at radius 1 is 1.40 bits per heavy atom. The van der Waals surface area contributed by atoms with Crippen LogP contribution in [0.4, 0.5) is 0 Å². The maximum Gasteiger partial charge on any atom is 0.305 e. The summed E-state index contributed by atoms with van der Waals surface area (Å²) in [4.78, 5) is 23.4. The van der Waals surface area contributed by atoms with Crippen molar-refractivity contribution in [1.29, 1.82) is 0 Å². The van der Waals surface area contributed by atoms with E-state index in [1.165, 1.54) is 0 Å². The van der Waals surface area contributed by atoms with Crippen molar-refractivity contribution in [3.05, 3.63) is 0 Å². The fourth-order valence-corrected chi connectivity index (χ4v) is 2.96. The lowest BCUT2D eigenvalue weighted by molar-refractivity contribution is -0.138. The minimum Gasteiger partial charge on any atom is -0.481 e. The summed E-state index contributed by atoms with van der Waals surface area (Å²) in [5.41, 5.74) is 5.37. The number of amides is 1. The predicted molar refractivity (Wildman–Crippen MR) is 78.2 cm³/mol. The summed E-state index contributed by atoms with van der Waals surface area (Å²) in [6.45, 7) is 4.53. The minimum atomic E-state index is -0.872. The Bertz CT molecular complexity index is 336. The van der Waals surface area contributed by atoms with Crippen molar-refractivity contribution in [2.45, 2.75) is 64.8 Å². The number of nitrogens with two attached hydrogens (primary N) is 1. The molecule has 116 valence electrons.